The fourth-order valence-corrected chi connectivity index (χ4v) is 4.90. The van der Waals surface area contributed by atoms with Crippen molar-refractivity contribution in [3.63, 3.8) is 0 Å². The van der Waals surface area contributed by atoms with Crippen molar-refractivity contribution in [3.05, 3.63) is 35.9 Å². The molecule has 1 aromatic carbocycles. The molecule has 2 heterocycles. The standard InChI is InChI=1S/C24H36O6/c1-3-21(13-25)15-27-23(28-16-21)10-20(19-8-6-5-7-9-19)11-24(12-23)29-17-22(4-2,14-26)18-30-24/h5-9,20,25-26H,3-4,10-18H2,1-2H3. The molecule has 30 heavy (non-hydrogen) atoms. The molecule has 0 aromatic heterocycles. The van der Waals surface area contributed by atoms with E-state index in [-0.39, 0.29) is 30.0 Å². The van der Waals surface area contributed by atoms with Gasteiger partial charge in [0, 0.05) is 23.7 Å². The highest BCUT2D eigenvalue weighted by Gasteiger charge is 2.57. The molecule has 3 fully saturated rings. The van der Waals surface area contributed by atoms with E-state index >= 15 is 0 Å². The number of hydrogen-bond donors (Lipinski definition) is 2. The third-order valence-electron chi connectivity index (χ3n) is 7.66. The first-order valence-electron chi connectivity index (χ1n) is 11.3. The van der Waals surface area contributed by atoms with E-state index in [4.69, 9.17) is 18.9 Å². The van der Waals surface area contributed by atoms with Crippen LogP contribution in [-0.2, 0) is 18.9 Å². The van der Waals surface area contributed by atoms with Crippen molar-refractivity contribution in [2.24, 2.45) is 10.8 Å². The molecule has 2 aliphatic heterocycles. The molecule has 0 radical (unpaired) electrons. The first-order chi connectivity index (χ1) is 14.5. The molecule has 2 N–H and O–H groups in total. The molecule has 0 bridgehead atoms. The van der Waals surface area contributed by atoms with Crippen LogP contribution in [0.25, 0.3) is 0 Å². The predicted octanol–water partition coefficient (Wildman–Crippen LogP) is 3.22. The van der Waals surface area contributed by atoms with Crippen LogP contribution in [0.4, 0.5) is 0 Å². The summed E-state index contributed by atoms with van der Waals surface area (Å²) in [6, 6.07) is 10.4. The second kappa shape index (κ2) is 8.49. The van der Waals surface area contributed by atoms with Crippen LogP contribution in [0.15, 0.2) is 30.3 Å². The van der Waals surface area contributed by atoms with E-state index in [0.29, 0.717) is 32.8 Å². The molecule has 168 valence electrons. The first-order valence-corrected chi connectivity index (χ1v) is 11.3. The molecule has 2 saturated heterocycles. The lowest BCUT2D eigenvalue weighted by Gasteiger charge is -2.56. The van der Waals surface area contributed by atoms with Gasteiger partial charge in [-0.3, -0.25) is 0 Å². The minimum absolute atomic E-state index is 0.0509. The molecule has 0 unspecified atom stereocenters. The number of ether oxygens (including phenoxy) is 4. The molecule has 6 heteroatoms. The first kappa shape index (κ1) is 22.2. The van der Waals surface area contributed by atoms with Crippen molar-refractivity contribution in [2.45, 2.75) is 63.4 Å². The summed E-state index contributed by atoms with van der Waals surface area (Å²) in [6.07, 6.45) is 3.57. The Kier molecular flexibility index (Phi) is 6.28. The minimum Gasteiger partial charge on any atom is -0.396 e. The average molecular weight is 421 g/mol. The summed E-state index contributed by atoms with van der Waals surface area (Å²) in [7, 11) is 0. The van der Waals surface area contributed by atoms with Crippen LogP contribution in [0.5, 0.6) is 0 Å². The fraction of sp³-hybridized carbons (Fsp3) is 0.750. The summed E-state index contributed by atoms with van der Waals surface area (Å²) >= 11 is 0. The maximum absolute atomic E-state index is 9.88. The van der Waals surface area contributed by atoms with Crippen LogP contribution < -0.4 is 0 Å². The molecule has 3 aliphatic rings. The van der Waals surface area contributed by atoms with E-state index in [2.05, 4.69) is 38.1 Å². The molecule has 1 aliphatic carbocycles. The van der Waals surface area contributed by atoms with Crippen LogP contribution in [0.3, 0.4) is 0 Å². The second-order valence-electron chi connectivity index (χ2n) is 9.69. The van der Waals surface area contributed by atoms with Gasteiger partial charge < -0.3 is 29.2 Å². The molecule has 6 nitrogen and oxygen atoms in total. The van der Waals surface area contributed by atoms with Crippen molar-refractivity contribution in [2.75, 3.05) is 39.6 Å². The van der Waals surface area contributed by atoms with Gasteiger partial charge in [0.1, 0.15) is 0 Å². The van der Waals surface area contributed by atoms with Crippen molar-refractivity contribution in [1.82, 2.24) is 0 Å². The molecule has 2 spiro atoms. The summed E-state index contributed by atoms with van der Waals surface area (Å²) in [5.41, 5.74) is 0.528. The summed E-state index contributed by atoms with van der Waals surface area (Å²) in [4.78, 5) is 0. The molecule has 0 amide bonds. The van der Waals surface area contributed by atoms with Crippen LogP contribution in [0.1, 0.15) is 57.4 Å². The Morgan fingerprint density at radius 3 is 1.57 bits per heavy atom. The Morgan fingerprint density at radius 2 is 1.20 bits per heavy atom. The normalized spacial score (nSPS) is 41.9. The van der Waals surface area contributed by atoms with Crippen molar-refractivity contribution in [3.8, 4) is 0 Å². The Morgan fingerprint density at radius 1 is 0.767 bits per heavy atom. The van der Waals surface area contributed by atoms with Gasteiger partial charge in [-0.2, -0.15) is 0 Å². The van der Waals surface area contributed by atoms with Crippen molar-refractivity contribution >= 4 is 0 Å². The summed E-state index contributed by atoms with van der Waals surface area (Å²) in [6.45, 7) is 6.08. The van der Waals surface area contributed by atoms with E-state index in [0.717, 1.165) is 25.7 Å². The Balaban J connectivity index is 1.59. The third-order valence-corrected chi connectivity index (χ3v) is 7.66. The van der Waals surface area contributed by atoms with Gasteiger partial charge in [0.15, 0.2) is 11.6 Å². The molecule has 4 rings (SSSR count). The third kappa shape index (κ3) is 4.06. The zero-order chi connectivity index (χ0) is 21.3. The maximum Gasteiger partial charge on any atom is 0.174 e. The lowest BCUT2D eigenvalue weighted by atomic mass is 9.74. The molecule has 0 atom stereocenters. The van der Waals surface area contributed by atoms with E-state index in [9.17, 15) is 10.2 Å². The fourth-order valence-electron chi connectivity index (χ4n) is 4.90. The van der Waals surface area contributed by atoms with Gasteiger partial charge in [-0.25, -0.2) is 0 Å². The Labute approximate surface area is 179 Å². The van der Waals surface area contributed by atoms with Crippen LogP contribution in [0, 0.1) is 10.8 Å². The molecular formula is C24H36O6. The number of hydrogen-bond acceptors (Lipinski definition) is 6. The van der Waals surface area contributed by atoms with Gasteiger partial charge in [-0.15, -0.1) is 0 Å². The van der Waals surface area contributed by atoms with Crippen molar-refractivity contribution < 1.29 is 29.2 Å². The predicted molar refractivity (Wildman–Crippen MR) is 112 cm³/mol. The lowest BCUT2D eigenvalue weighted by molar-refractivity contribution is -0.393. The van der Waals surface area contributed by atoms with E-state index in [1.807, 2.05) is 6.07 Å². The SMILES string of the molecule is CCC1(CO)COC2(CC(c3ccccc3)CC3(C2)OCC(CC)(CO)CO3)OC1. The topological polar surface area (TPSA) is 77.4 Å². The van der Waals surface area contributed by atoms with Gasteiger partial charge in [0.2, 0.25) is 0 Å². The minimum atomic E-state index is -0.794. The number of benzene rings is 1. The molecule has 1 saturated carbocycles. The smallest absolute Gasteiger partial charge is 0.174 e. The number of aliphatic hydroxyl groups is 2. The maximum atomic E-state index is 9.88. The van der Waals surface area contributed by atoms with Gasteiger partial charge >= 0.3 is 0 Å². The van der Waals surface area contributed by atoms with Gasteiger partial charge in [0.05, 0.1) is 46.1 Å². The highest BCUT2D eigenvalue weighted by atomic mass is 16.7. The zero-order valence-electron chi connectivity index (χ0n) is 18.3. The van der Waals surface area contributed by atoms with Crippen LogP contribution >= 0.6 is 0 Å². The van der Waals surface area contributed by atoms with Gasteiger partial charge in [-0.1, -0.05) is 44.2 Å². The quantitative estimate of drug-likeness (QED) is 0.762. The zero-order valence-corrected chi connectivity index (χ0v) is 18.3. The number of rotatable bonds is 5. The van der Waals surface area contributed by atoms with Crippen LogP contribution in [0.2, 0.25) is 0 Å². The molecular weight excluding hydrogens is 384 g/mol. The lowest BCUT2D eigenvalue weighted by Crippen LogP contribution is -2.61. The van der Waals surface area contributed by atoms with Crippen LogP contribution in [-0.4, -0.2) is 61.4 Å². The monoisotopic (exact) mass is 420 g/mol. The summed E-state index contributed by atoms with van der Waals surface area (Å²) in [5, 5.41) is 19.8. The largest absolute Gasteiger partial charge is 0.396 e. The summed E-state index contributed by atoms with van der Waals surface area (Å²) < 4.78 is 25.6. The summed E-state index contributed by atoms with van der Waals surface area (Å²) in [5.74, 6) is -1.41. The Bertz CT molecular complexity index is 637. The molecule has 1 aromatic rings. The van der Waals surface area contributed by atoms with Gasteiger partial charge in [-0.05, 0) is 24.3 Å². The van der Waals surface area contributed by atoms with E-state index < -0.39 is 11.6 Å². The Hall–Kier alpha value is -1.02. The van der Waals surface area contributed by atoms with E-state index in [1.165, 1.54) is 5.56 Å². The second-order valence-corrected chi connectivity index (χ2v) is 9.69. The highest BCUT2D eigenvalue weighted by molar-refractivity contribution is 5.22. The number of aliphatic hydroxyl groups excluding tert-OH is 2. The van der Waals surface area contributed by atoms with Crippen molar-refractivity contribution in [1.29, 1.82) is 0 Å². The highest BCUT2D eigenvalue weighted by Crippen LogP contribution is 2.52. The van der Waals surface area contributed by atoms with Gasteiger partial charge in [0.25, 0.3) is 0 Å². The average Bonchev–Trinajstić information content (AvgIpc) is 2.81. The van der Waals surface area contributed by atoms with E-state index in [1.54, 1.807) is 0 Å².